The highest BCUT2D eigenvalue weighted by atomic mass is 79.9. The van der Waals surface area contributed by atoms with E-state index < -0.39 is 0 Å². The SMILES string of the molecule is O=Cc1c(Cl)ccn(Cc2ccc(Br)cc2)c1=O. The molecule has 1 aromatic heterocycles. The Balaban J connectivity index is 2.38. The molecule has 0 aliphatic heterocycles. The molecule has 0 aliphatic carbocycles. The zero-order chi connectivity index (χ0) is 13.1. The molecule has 0 bridgehead atoms. The number of carbonyl (C=O) groups excluding carboxylic acids is 1. The third-order valence-electron chi connectivity index (χ3n) is 2.53. The van der Waals surface area contributed by atoms with Crippen molar-refractivity contribution < 1.29 is 4.79 Å². The maximum Gasteiger partial charge on any atom is 0.262 e. The molecule has 0 fully saturated rings. The van der Waals surface area contributed by atoms with Crippen LogP contribution in [0, 0.1) is 0 Å². The van der Waals surface area contributed by atoms with Crippen molar-refractivity contribution in [1.29, 1.82) is 0 Å². The number of carbonyl (C=O) groups is 1. The summed E-state index contributed by atoms with van der Waals surface area (Å²) in [6.07, 6.45) is 2.07. The van der Waals surface area contributed by atoms with Crippen LogP contribution in [0.2, 0.25) is 5.02 Å². The smallest absolute Gasteiger partial charge is 0.262 e. The van der Waals surface area contributed by atoms with Gasteiger partial charge in [-0.15, -0.1) is 0 Å². The highest BCUT2D eigenvalue weighted by molar-refractivity contribution is 9.10. The number of nitrogens with zero attached hydrogens (tertiary/aromatic N) is 1. The van der Waals surface area contributed by atoms with Gasteiger partial charge < -0.3 is 4.57 Å². The Hall–Kier alpha value is -1.39. The van der Waals surface area contributed by atoms with Gasteiger partial charge in [-0.3, -0.25) is 9.59 Å². The summed E-state index contributed by atoms with van der Waals surface area (Å²) in [4.78, 5) is 22.7. The van der Waals surface area contributed by atoms with E-state index in [0.29, 0.717) is 12.8 Å². The highest BCUT2D eigenvalue weighted by Crippen LogP contribution is 2.12. The Morgan fingerprint density at radius 1 is 1.22 bits per heavy atom. The van der Waals surface area contributed by atoms with E-state index in [9.17, 15) is 9.59 Å². The molecule has 0 unspecified atom stereocenters. The second-order valence-electron chi connectivity index (χ2n) is 3.75. The minimum absolute atomic E-state index is 0.00345. The molecule has 0 aliphatic rings. The molecule has 0 atom stereocenters. The molecule has 5 heteroatoms. The molecule has 0 N–H and O–H groups in total. The van der Waals surface area contributed by atoms with Gasteiger partial charge in [0.05, 0.1) is 17.1 Å². The lowest BCUT2D eigenvalue weighted by molar-refractivity contribution is 0.112. The fourth-order valence-corrected chi connectivity index (χ4v) is 2.03. The van der Waals surface area contributed by atoms with Gasteiger partial charge in [-0.1, -0.05) is 39.7 Å². The van der Waals surface area contributed by atoms with Crippen molar-refractivity contribution in [1.82, 2.24) is 4.57 Å². The summed E-state index contributed by atoms with van der Waals surface area (Å²) >= 11 is 9.12. The summed E-state index contributed by atoms with van der Waals surface area (Å²) in [5.74, 6) is 0. The lowest BCUT2D eigenvalue weighted by Crippen LogP contribution is -2.23. The summed E-state index contributed by atoms with van der Waals surface area (Å²) in [6.45, 7) is 0.407. The molecule has 0 radical (unpaired) electrons. The lowest BCUT2D eigenvalue weighted by Gasteiger charge is -2.07. The van der Waals surface area contributed by atoms with Gasteiger partial charge in [-0.2, -0.15) is 0 Å². The number of pyridine rings is 1. The number of hydrogen-bond donors (Lipinski definition) is 0. The van der Waals surface area contributed by atoms with E-state index in [-0.39, 0.29) is 16.1 Å². The predicted molar refractivity (Wildman–Crippen MR) is 74.3 cm³/mol. The molecule has 0 spiro atoms. The van der Waals surface area contributed by atoms with Crippen LogP contribution in [0.3, 0.4) is 0 Å². The zero-order valence-electron chi connectivity index (χ0n) is 9.27. The monoisotopic (exact) mass is 325 g/mol. The Morgan fingerprint density at radius 2 is 1.89 bits per heavy atom. The summed E-state index contributed by atoms with van der Waals surface area (Å²) in [5.41, 5.74) is 0.594. The van der Waals surface area contributed by atoms with E-state index >= 15 is 0 Å². The van der Waals surface area contributed by atoms with E-state index in [4.69, 9.17) is 11.6 Å². The normalized spacial score (nSPS) is 10.3. The van der Waals surface area contributed by atoms with Crippen molar-refractivity contribution >= 4 is 33.8 Å². The van der Waals surface area contributed by atoms with Gasteiger partial charge in [0.1, 0.15) is 0 Å². The van der Waals surface area contributed by atoms with Crippen LogP contribution in [0.15, 0.2) is 45.8 Å². The zero-order valence-corrected chi connectivity index (χ0v) is 11.6. The quantitative estimate of drug-likeness (QED) is 0.813. The first-order valence-corrected chi connectivity index (χ1v) is 6.37. The van der Waals surface area contributed by atoms with Gasteiger partial charge in [0.15, 0.2) is 6.29 Å². The molecule has 2 aromatic rings. The van der Waals surface area contributed by atoms with Crippen molar-refractivity contribution in [2.45, 2.75) is 6.54 Å². The van der Waals surface area contributed by atoms with E-state index in [1.807, 2.05) is 24.3 Å². The number of aldehydes is 1. The first-order valence-electron chi connectivity index (χ1n) is 5.20. The molecule has 0 saturated heterocycles. The van der Waals surface area contributed by atoms with Crippen LogP contribution in [0.1, 0.15) is 15.9 Å². The largest absolute Gasteiger partial charge is 0.310 e. The third-order valence-corrected chi connectivity index (χ3v) is 3.39. The molecule has 3 nitrogen and oxygen atoms in total. The maximum atomic E-state index is 11.9. The Kier molecular flexibility index (Phi) is 3.99. The number of rotatable bonds is 3. The second kappa shape index (κ2) is 5.50. The van der Waals surface area contributed by atoms with Gasteiger partial charge in [0.2, 0.25) is 0 Å². The van der Waals surface area contributed by atoms with Gasteiger partial charge in [-0.05, 0) is 23.8 Å². The number of hydrogen-bond acceptors (Lipinski definition) is 2. The lowest BCUT2D eigenvalue weighted by atomic mass is 10.2. The molecule has 1 aromatic carbocycles. The molecule has 18 heavy (non-hydrogen) atoms. The summed E-state index contributed by atoms with van der Waals surface area (Å²) < 4.78 is 2.43. The van der Waals surface area contributed by atoms with Crippen LogP contribution in [-0.2, 0) is 6.54 Å². The van der Waals surface area contributed by atoms with E-state index in [2.05, 4.69) is 15.9 Å². The standard InChI is InChI=1S/C13H9BrClNO2/c14-10-3-1-9(2-4-10)7-16-6-5-12(15)11(8-17)13(16)18/h1-6,8H,7H2. The first-order chi connectivity index (χ1) is 8.61. The van der Waals surface area contributed by atoms with Crippen LogP contribution >= 0.6 is 27.5 Å². The molecular formula is C13H9BrClNO2. The van der Waals surface area contributed by atoms with Crippen LogP contribution in [-0.4, -0.2) is 10.9 Å². The number of aromatic nitrogens is 1. The minimum atomic E-state index is -0.375. The Bertz CT molecular complexity index is 634. The van der Waals surface area contributed by atoms with Gasteiger partial charge >= 0.3 is 0 Å². The first kappa shape index (κ1) is 13.1. The second-order valence-corrected chi connectivity index (χ2v) is 5.08. The summed E-state index contributed by atoms with van der Waals surface area (Å²) in [6, 6.07) is 9.16. The van der Waals surface area contributed by atoms with Crippen molar-refractivity contribution in [2.24, 2.45) is 0 Å². The average Bonchev–Trinajstić information content (AvgIpc) is 2.36. The molecule has 1 heterocycles. The van der Waals surface area contributed by atoms with Crippen LogP contribution in [0.4, 0.5) is 0 Å². The fourth-order valence-electron chi connectivity index (χ4n) is 1.59. The van der Waals surface area contributed by atoms with Crippen molar-refractivity contribution in [2.75, 3.05) is 0 Å². The van der Waals surface area contributed by atoms with Gasteiger partial charge in [0.25, 0.3) is 5.56 Å². The van der Waals surface area contributed by atoms with Crippen molar-refractivity contribution in [3.8, 4) is 0 Å². The third kappa shape index (κ3) is 2.71. The predicted octanol–water partition coefficient (Wildman–Crippen LogP) is 3.13. The number of halogens is 2. The average molecular weight is 327 g/mol. The molecule has 2 rings (SSSR count). The molecule has 0 saturated carbocycles. The topological polar surface area (TPSA) is 39.1 Å². The number of benzene rings is 1. The van der Waals surface area contributed by atoms with Crippen LogP contribution in [0.5, 0.6) is 0 Å². The van der Waals surface area contributed by atoms with Crippen molar-refractivity contribution in [3.05, 3.63) is 67.5 Å². The van der Waals surface area contributed by atoms with Crippen LogP contribution in [0.25, 0.3) is 0 Å². The molecule has 0 amide bonds. The molecular weight excluding hydrogens is 318 g/mol. The van der Waals surface area contributed by atoms with Gasteiger partial charge in [0, 0.05) is 10.7 Å². The Morgan fingerprint density at radius 3 is 2.50 bits per heavy atom. The van der Waals surface area contributed by atoms with Crippen LogP contribution < -0.4 is 5.56 Å². The van der Waals surface area contributed by atoms with E-state index in [1.54, 1.807) is 12.3 Å². The van der Waals surface area contributed by atoms with Gasteiger partial charge in [-0.25, -0.2) is 0 Å². The summed E-state index contributed by atoms with van der Waals surface area (Å²) in [5, 5.41) is 0.182. The molecule has 92 valence electrons. The van der Waals surface area contributed by atoms with E-state index in [1.165, 1.54) is 4.57 Å². The Labute approximate surface area is 117 Å². The minimum Gasteiger partial charge on any atom is -0.310 e. The highest BCUT2D eigenvalue weighted by Gasteiger charge is 2.07. The van der Waals surface area contributed by atoms with E-state index in [0.717, 1.165) is 10.0 Å². The fraction of sp³-hybridized carbons (Fsp3) is 0.0769. The summed E-state index contributed by atoms with van der Waals surface area (Å²) in [7, 11) is 0. The van der Waals surface area contributed by atoms with Crippen molar-refractivity contribution in [3.63, 3.8) is 0 Å². The maximum absolute atomic E-state index is 11.9.